The minimum atomic E-state index is -4.75. The molecule has 21 heavy (non-hydrogen) atoms. The molecule has 2 rings (SSSR count). The summed E-state index contributed by atoms with van der Waals surface area (Å²) in [7, 11) is -4.75. The number of hydrogen-bond acceptors (Lipinski definition) is 6. The Labute approximate surface area is 148 Å². The monoisotopic (exact) mass is 336 g/mol. The number of carbonyl (C=O) groups excluding carboxylic acids is 1. The van der Waals surface area contributed by atoms with Crippen LogP contribution in [0.2, 0.25) is 0 Å². The van der Waals surface area contributed by atoms with E-state index in [2.05, 4.69) is 15.7 Å². The number of nitrogens with one attached hydrogen (secondary N) is 1. The Kier molecular flexibility index (Phi) is 5.96. The van der Waals surface area contributed by atoms with E-state index >= 15 is 0 Å². The first-order valence-electron chi connectivity index (χ1n) is 5.40. The maximum Gasteiger partial charge on any atom is 1.00 e. The van der Waals surface area contributed by atoms with E-state index in [-0.39, 0.29) is 40.2 Å². The van der Waals surface area contributed by atoms with Crippen molar-refractivity contribution in [2.45, 2.75) is 18.0 Å². The van der Waals surface area contributed by atoms with Gasteiger partial charge in [0.05, 0.1) is 10.5 Å². The Morgan fingerprint density at radius 2 is 2.05 bits per heavy atom. The van der Waals surface area contributed by atoms with Gasteiger partial charge in [-0.05, 0) is 31.3 Å². The average Bonchev–Trinajstić information content (AvgIpc) is 2.69. The van der Waals surface area contributed by atoms with E-state index in [1.165, 1.54) is 23.2 Å². The summed E-state index contributed by atoms with van der Waals surface area (Å²) in [4.78, 5) is 11.5. The number of carbonyl (C=O) groups is 1. The number of thiocarbonyl (C=S) groups is 1. The molecule has 1 aliphatic heterocycles. The molecule has 0 saturated heterocycles. The SMILES string of the molecule is CC1N=NC(=S)N1NC(=O)c1ccccc1S(=O)(=O)[O-].[Na+]. The van der Waals surface area contributed by atoms with Gasteiger partial charge >= 0.3 is 29.6 Å². The second-order valence-electron chi connectivity index (χ2n) is 3.89. The summed E-state index contributed by atoms with van der Waals surface area (Å²) in [5.41, 5.74) is 2.11. The smallest absolute Gasteiger partial charge is 0.744 e. The summed E-state index contributed by atoms with van der Waals surface area (Å²) in [5.74, 6) is -0.776. The van der Waals surface area contributed by atoms with Gasteiger partial charge < -0.3 is 4.55 Å². The first-order valence-corrected chi connectivity index (χ1v) is 7.22. The summed E-state index contributed by atoms with van der Waals surface area (Å²) in [5, 5.41) is 8.59. The van der Waals surface area contributed by atoms with Crippen molar-refractivity contribution in [2.24, 2.45) is 10.2 Å². The molecule has 0 aliphatic carbocycles. The van der Waals surface area contributed by atoms with Crippen LogP contribution in [0.1, 0.15) is 17.3 Å². The van der Waals surface area contributed by atoms with Gasteiger partial charge in [-0.1, -0.05) is 12.1 Å². The van der Waals surface area contributed by atoms with Crippen LogP contribution in [-0.4, -0.2) is 35.2 Å². The number of benzene rings is 1. The van der Waals surface area contributed by atoms with E-state index < -0.39 is 27.1 Å². The van der Waals surface area contributed by atoms with Crippen LogP contribution >= 0.6 is 12.2 Å². The van der Waals surface area contributed by atoms with Crippen molar-refractivity contribution in [3.8, 4) is 0 Å². The maximum absolute atomic E-state index is 12.1. The van der Waals surface area contributed by atoms with Crippen LogP contribution in [0, 0.1) is 0 Å². The van der Waals surface area contributed by atoms with Gasteiger partial charge in [-0.25, -0.2) is 13.4 Å². The molecule has 1 aromatic carbocycles. The Bertz CT molecular complexity index is 707. The van der Waals surface area contributed by atoms with Crippen LogP contribution < -0.4 is 35.0 Å². The van der Waals surface area contributed by atoms with Crippen molar-refractivity contribution in [1.29, 1.82) is 0 Å². The standard InChI is InChI=1S/C10H10N4O4S2.Na/c1-6-11-12-10(19)14(6)13-9(15)7-4-2-3-5-8(7)20(16,17)18;/h2-6H,1H3,(H,13,15)(H,16,17,18);/q;+1/p-1. The molecule has 0 radical (unpaired) electrons. The zero-order valence-corrected chi connectivity index (χ0v) is 14.8. The molecule has 0 aromatic heterocycles. The summed E-state index contributed by atoms with van der Waals surface area (Å²) in [6.45, 7) is 1.64. The topological polar surface area (TPSA) is 114 Å². The van der Waals surface area contributed by atoms with Gasteiger partial charge in [-0.2, -0.15) is 5.11 Å². The minimum absolute atomic E-state index is 0. The molecule has 8 nitrogen and oxygen atoms in total. The van der Waals surface area contributed by atoms with Crippen LogP contribution in [0.3, 0.4) is 0 Å². The molecule has 106 valence electrons. The summed E-state index contributed by atoms with van der Waals surface area (Å²) in [6.07, 6.45) is -0.498. The van der Waals surface area contributed by atoms with Gasteiger partial charge in [0, 0.05) is 0 Å². The largest absolute Gasteiger partial charge is 1.00 e. The number of hydrogen-bond donors (Lipinski definition) is 1. The van der Waals surface area contributed by atoms with E-state index in [1.807, 2.05) is 0 Å². The van der Waals surface area contributed by atoms with Crippen molar-refractivity contribution in [2.75, 3.05) is 0 Å². The molecular formula is C10H9N4NaO4S2. The fraction of sp³-hybridized carbons (Fsp3) is 0.200. The molecule has 1 atom stereocenters. The second kappa shape index (κ2) is 6.90. The number of rotatable bonds is 3. The number of amides is 1. The molecule has 0 saturated carbocycles. The predicted molar refractivity (Wildman–Crippen MR) is 70.6 cm³/mol. The first kappa shape index (κ1) is 18.1. The van der Waals surface area contributed by atoms with E-state index in [0.717, 1.165) is 6.07 Å². The normalized spacial score (nSPS) is 17.5. The van der Waals surface area contributed by atoms with Crippen molar-refractivity contribution in [3.63, 3.8) is 0 Å². The van der Waals surface area contributed by atoms with Crippen molar-refractivity contribution >= 4 is 33.4 Å². The zero-order valence-electron chi connectivity index (χ0n) is 11.2. The molecule has 0 bridgehead atoms. The van der Waals surface area contributed by atoms with Gasteiger partial charge in [0.1, 0.15) is 10.1 Å². The molecule has 1 heterocycles. The van der Waals surface area contributed by atoms with E-state index in [0.29, 0.717) is 0 Å². The maximum atomic E-state index is 12.1. The quantitative estimate of drug-likeness (QED) is 0.375. The Morgan fingerprint density at radius 1 is 1.43 bits per heavy atom. The molecule has 1 aliphatic rings. The van der Waals surface area contributed by atoms with Crippen LogP contribution in [0.5, 0.6) is 0 Å². The molecular weight excluding hydrogens is 327 g/mol. The van der Waals surface area contributed by atoms with Gasteiger partial charge in [0.15, 0.2) is 6.17 Å². The number of nitrogens with zero attached hydrogens (tertiary/aromatic N) is 3. The third kappa shape index (κ3) is 4.05. The zero-order chi connectivity index (χ0) is 14.9. The fourth-order valence-electron chi connectivity index (χ4n) is 1.58. The van der Waals surface area contributed by atoms with Crippen molar-refractivity contribution < 1.29 is 47.3 Å². The molecule has 1 aromatic rings. The fourth-order valence-corrected chi connectivity index (χ4v) is 2.50. The molecule has 11 heteroatoms. The predicted octanol–water partition coefficient (Wildman–Crippen LogP) is -2.36. The van der Waals surface area contributed by atoms with Gasteiger partial charge in [-0.3, -0.25) is 10.2 Å². The van der Waals surface area contributed by atoms with Crippen LogP contribution in [0.15, 0.2) is 39.4 Å². The van der Waals surface area contributed by atoms with E-state index in [1.54, 1.807) is 6.92 Å². The van der Waals surface area contributed by atoms with Crippen LogP contribution in [0.25, 0.3) is 0 Å². The summed E-state index contributed by atoms with van der Waals surface area (Å²) >= 11 is 4.86. The molecule has 1 unspecified atom stereocenters. The third-order valence-corrected chi connectivity index (χ3v) is 3.69. The van der Waals surface area contributed by atoms with Gasteiger partial charge in [0.25, 0.3) is 5.91 Å². The van der Waals surface area contributed by atoms with Crippen LogP contribution in [-0.2, 0) is 10.1 Å². The second-order valence-corrected chi connectivity index (χ2v) is 5.60. The Balaban J connectivity index is 0.00000220. The summed E-state index contributed by atoms with van der Waals surface area (Å²) < 4.78 is 33.3. The van der Waals surface area contributed by atoms with Gasteiger partial charge in [0.2, 0.25) is 5.11 Å². The average molecular weight is 336 g/mol. The Morgan fingerprint density at radius 3 is 2.57 bits per heavy atom. The van der Waals surface area contributed by atoms with Crippen LogP contribution in [0.4, 0.5) is 0 Å². The summed E-state index contributed by atoms with van der Waals surface area (Å²) in [6, 6.07) is 5.11. The number of hydrazine groups is 1. The minimum Gasteiger partial charge on any atom is -0.744 e. The van der Waals surface area contributed by atoms with E-state index in [9.17, 15) is 17.8 Å². The van der Waals surface area contributed by atoms with Crippen molar-refractivity contribution in [1.82, 2.24) is 10.4 Å². The van der Waals surface area contributed by atoms with Gasteiger partial charge in [-0.15, -0.1) is 5.11 Å². The molecule has 0 spiro atoms. The molecule has 1 amide bonds. The van der Waals surface area contributed by atoms with E-state index in [4.69, 9.17) is 12.2 Å². The molecule has 1 N–H and O–H groups in total. The Hall–Kier alpha value is -0.910. The first-order chi connectivity index (χ1) is 9.30. The molecule has 0 fully saturated rings. The van der Waals surface area contributed by atoms with Crippen molar-refractivity contribution in [3.05, 3.63) is 29.8 Å². The number of azo groups is 1. The third-order valence-electron chi connectivity index (χ3n) is 2.51.